The number of aromatic nitrogens is 1. The zero-order valence-electron chi connectivity index (χ0n) is 12.4. The van der Waals surface area contributed by atoms with Crippen LogP contribution in [-0.4, -0.2) is 16.2 Å². The third-order valence-electron chi connectivity index (χ3n) is 3.77. The maximum atomic E-state index is 9.91. The summed E-state index contributed by atoms with van der Waals surface area (Å²) in [4.78, 5) is 4.67. The number of benzene rings is 1. The second kappa shape index (κ2) is 8.01. The minimum absolute atomic E-state index is 0.137. The molecule has 1 heterocycles. The first-order chi connectivity index (χ1) is 9.79. The molecule has 0 saturated heterocycles. The Kier molecular flexibility index (Phi) is 6.00. The van der Waals surface area contributed by atoms with Gasteiger partial charge in [0.05, 0.1) is 11.6 Å². The maximum Gasteiger partial charge on any atom is 0.0705 e. The van der Waals surface area contributed by atoms with Crippen LogP contribution in [0.3, 0.4) is 0 Å². The van der Waals surface area contributed by atoms with Gasteiger partial charge in [0.15, 0.2) is 0 Å². The summed E-state index contributed by atoms with van der Waals surface area (Å²) in [6.07, 6.45) is 7.25. The van der Waals surface area contributed by atoms with Gasteiger partial charge in [0, 0.05) is 11.1 Å². The molecule has 2 heteroatoms. The molecule has 0 fully saturated rings. The SMILES string of the molecule is CCCCCC(O)CCCc1ccc2ccccc2n1. The quantitative estimate of drug-likeness (QED) is 0.717. The van der Waals surface area contributed by atoms with E-state index in [0.717, 1.165) is 43.3 Å². The van der Waals surface area contributed by atoms with Crippen molar-refractivity contribution in [3.63, 3.8) is 0 Å². The minimum atomic E-state index is -0.137. The highest BCUT2D eigenvalue weighted by Crippen LogP contribution is 2.14. The van der Waals surface area contributed by atoms with Crippen LogP contribution in [0, 0.1) is 0 Å². The summed E-state index contributed by atoms with van der Waals surface area (Å²) in [5.41, 5.74) is 2.19. The van der Waals surface area contributed by atoms with Crippen molar-refractivity contribution < 1.29 is 5.11 Å². The summed E-state index contributed by atoms with van der Waals surface area (Å²) < 4.78 is 0. The summed E-state index contributed by atoms with van der Waals surface area (Å²) in [6.45, 7) is 2.19. The molecule has 0 amide bonds. The van der Waals surface area contributed by atoms with Crippen LogP contribution in [0.5, 0.6) is 0 Å². The van der Waals surface area contributed by atoms with Crippen molar-refractivity contribution in [2.45, 2.75) is 58.0 Å². The third kappa shape index (κ3) is 4.61. The minimum Gasteiger partial charge on any atom is -0.393 e. The van der Waals surface area contributed by atoms with Crippen LogP contribution >= 0.6 is 0 Å². The van der Waals surface area contributed by atoms with Gasteiger partial charge in [-0.25, -0.2) is 0 Å². The monoisotopic (exact) mass is 271 g/mol. The number of pyridine rings is 1. The predicted octanol–water partition coefficient (Wildman–Crippen LogP) is 4.50. The molecular weight excluding hydrogens is 246 g/mol. The number of hydrogen-bond donors (Lipinski definition) is 1. The van der Waals surface area contributed by atoms with Gasteiger partial charge in [-0.3, -0.25) is 4.98 Å². The molecule has 2 rings (SSSR count). The Bertz CT molecular complexity index is 524. The van der Waals surface area contributed by atoms with E-state index in [4.69, 9.17) is 0 Å². The van der Waals surface area contributed by atoms with Crippen molar-refractivity contribution in [1.29, 1.82) is 0 Å². The molecule has 0 aliphatic heterocycles. The van der Waals surface area contributed by atoms with Crippen LogP contribution in [-0.2, 0) is 6.42 Å². The van der Waals surface area contributed by atoms with Crippen LogP contribution in [0.15, 0.2) is 36.4 Å². The first kappa shape index (κ1) is 15.0. The van der Waals surface area contributed by atoms with Crippen LogP contribution in [0.1, 0.15) is 51.1 Å². The standard InChI is InChI=1S/C18H25NO/c1-2-3-4-10-17(20)11-7-9-16-14-13-15-8-5-6-12-18(15)19-16/h5-6,8,12-14,17,20H,2-4,7,9-11H2,1H3. The van der Waals surface area contributed by atoms with E-state index in [-0.39, 0.29) is 6.10 Å². The first-order valence-corrected chi connectivity index (χ1v) is 7.82. The Hall–Kier alpha value is -1.41. The number of unbranched alkanes of at least 4 members (excludes halogenated alkanes) is 2. The molecule has 1 atom stereocenters. The highest BCUT2D eigenvalue weighted by Gasteiger charge is 2.04. The van der Waals surface area contributed by atoms with Crippen LogP contribution in [0.2, 0.25) is 0 Å². The molecule has 0 radical (unpaired) electrons. The zero-order chi connectivity index (χ0) is 14.2. The number of nitrogens with zero attached hydrogens (tertiary/aromatic N) is 1. The number of fused-ring (bicyclic) bond motifs is 1. The number of hydrogen-bond acceptors (Lipinski definition) is 2. The molecule has 0 bridgehead atoms. The van der Waals surface area contributed by atoms with Gasteiger partial charge in [-0.05, 0) is 37.8 Å². The van der Waals surface area contributed by atoms with Gasteiger partial charge in [0.2, 0.25) is 0 Å². The number of aliphatic hydroxyl groups is 1. The summed E-state index contributed by atoms with van der Waals surface area (Å²) >= 11 is 0. The molecule has 1 N–H and O–H groups in total. The maximum absolute atomic E-state index is 9.91. The van der Waals surface area contributed by atoms with Gasteiger partial charge in [0.1, 0.15) is 0 Å². The average molecular weight is 271 g/mol. The van der Waals surface area contributed by atoms with Gasteiger partial charge in [-0.1, -0.05) is 50.5 Å². The fraction of sp³-hybridized carbons (Fsp3) is 0.500. The Labute approximate surface area is 121 Å². The first-order valence-electron chi connectivity index (χ1n) is 7.82. The van der Waals surface area contributed by atoms with Crippen molar-refractivity contribution in [2.24, 2.45) is 0 Å². The lowest BCUT2D eigenvalue weighted by Gasteiger charge is -2.10. The number of rotatable bonds is 8. The Morgan fingerprint density at radius 1 is 1.00 bits per heavy atom. The zero-order valence-corrected chi connectivity index (χ0v) is 12.4. The lowest BCUT2D eigenvalue weighted by Crippen LogP contribution is -2.06. The van der Waals surface area contributed by atoms with Crippen LogP contribution in [0.25, 0.3) is 10.9 Å². The molecule has 1 aromatic carbocycles. The largest absolute Gasteiger partial charge is 0.393 e. The Morgan fingerprint density at radius 3 is 2.65 bits per heavy atom. The predicted molar refractivity (Wildman–Crippen MR) is 84.8 cm³/mol. The lowest BCUT2D eigenvalue weighted by molar-refractivity contribution is 0.148. The van der Waals surface area contributed by atoms with E-state index >= 15 is 0 Å². The third-order valence-corrected chi connectivity index (χ3v) is 3.77. The van der Waals surface area contributed by atoms with Gasteiger partial charge >= 0.3 is 0 Å². The number of aryl methyl sites for hydroxylation is 1. The molecule has 0 aliphatic rings. The summed E-state index contributed by atoms with van der Waals surface area (Å²) in [7, 11) is 0. The van der Waals surface area contributed by atoms with E-state index in [1.807, 2.05) is 12.1 Å². The molecule has 108 valence electrons. The molecule has 1 unspecified atom stereocenters. The molecule has 2 aromatic rings. The summed E-state index contributed by atoms with van der Waals surface area (Å²) in [5, 5.41) is 11.1. The number of aliphatic hydroxyl groups excluding tert-OH is 1. The molecule has 20 heavy (non-hydrogen) atoms. The average Bonchev–Trinajstić information content (AvgIpc) is 2.47. The normalized spacial score (nSPS) is 12.7. The second-order valence-electron chi connectivity index (χ2n) is 5.54. The summed E-state index contributed by atoms with van der Waals surface area (Å²) in [5.74, 6) is 0. The molecule has 0 saturated carbocycles. The van der Waals surface area contributed by atoms with Crippen molar-refractivity contribution in [1.82, 2.24) is 4.98 Å². The number of para-hydroxylation sites is 1. The van der Waals surface area contributed by atoms with E-state index in [1.54, 1.807) is 0 Å². The smallest absolute Gasteiger partial charge is 0.0705 e. The topological polar surface area (TPSA) is 33.1 Å². The van der Waals surface area contributed by atoms with Gasteiger partial charge in [-0.15, -0.1) is 0 Å². The van der Waals surface area contributed by atoms with Gasteiger partial charge in [-0.2, -0.15) is 0 Å². The van der Waals surface area contributed by atoms with Crippen LogP contribution < -0.4 is 0 Å². The molecule has 0 spiro atoms. The van der Waals surface area contributed by atoms with E-state index in [2.05, 4.69) is 36.2 Å². The van der Waals surface area contributed by atoms with Crippen molar-refractivity contribution in [2.75, 3.05) is 0 Å². The van der Waals surface area contributed by atoms with Crippen molar-refractivity contribution in [3.05, 3.63) is 42.1 Å². The van der Waals surface area contributed by atoms with E-state index in [9.17, 15) is 5.11 Å². The molecular formula is C18H25NO. The fourth-order valence-electron chi connectivity index (χ4n) is 2.54. The fourth-order valence-corrected chi connectivity index (χ4v) is 2.54. The van der Waals surface area contributed by atoms with Gasteiger partial charge in [0.25, 0.3) is 0 Å². The Balaban J connectivity index is 1.78. The van der Waals surface area contributed by atoms with Crippen molar-refractivity contribution in [3.8, 4) is 0 Å². The lowest BCUT2D eigenvalue weighted by atomic mass is 10.0. The molecule has 1 aromatic heterocycles. The van der Waals surface area contributed by atoms with Gasteiger partial charge < -0.3 is 5.11 Å². The highest BCUT2D eigenvalue weighted by atomic mass is 16.3. The second-order valence-corrected chi connectivity index (χ2v) is 5.54. The van der Waals surface area contributed by atoms with Crippen molar-refractivity contribution >= 4 is 10.9 Å². The Morgan fingerprint density at radius 2 is 1.80 bits per heavy atom. The highest BCUT2D eigenvalue weighted by molar-refractivity contribution is 5.78. The van der Waals surface area contributed by atoms with E-state index < -0.39 is 0 Å². The van der Waals surface area contributed by atoms with E-state index in [0.29, 0.717) is 0 Å². The van der Waals surface area contributed by atoms with E-state index in [1.165, 1.54) is 18.2 Å². The molecule has 0 aliphatic carbocycles. The van der Waals surface area contributed by atoms with Crippen LogP contribution in [0.4, 0.5) is 0 Å². The molecule has 2 nitrogen and oxygen atoms in total. The summed E-state index contributed by atoms with van der Waals surface area (Å²) in [6, 6.07) is 12.4.